The van der Waals surface area contributed by atoms with Gasteiger partial charge in [-0.05, 0) is 0 Å². The van der Waals surface area contributed by atoms with E-state index in [2.05, 4.69) is 0 Å². The van der Waals surface area contributed by atoms with Crippen molar-refractivity contribution in [1.29, 1.82) is 0 Å². The molecule has 0 bridgehead atoms. The molecule has 3 nitrogen and oxygen atoms in total. The summed E-state index contributed by atoms with van der Waals surface area (Å²) in [7, 11) is 0. The van der Waals surface area contributed by atoms with Gasteiger partial charge in [-0.15, -0.1) is 0 Å². The molecule has 0 rings (SSSR count). The van der Waals surface area contributed by atoms with Crippen molar-refractivity contribution >= 4 is 16.5 Å². The molecule has 0 aromatic rings. The SMILES string of the molecule is O.O.O.[CH3][Ge]. The molecular weight excluding hydrogens is 133 g/mol. The molecule has 0 aliphatic heterocycles. The van der Waals surface area contributed by atoms with Gasteiger partial charge in [0.25, 0.3) is 0 Å². The van der Waals surface area contributed by atoms with Gasteiger partial charge in [0.2, 0.25) is 0 Å². The Morgan fingerprint density at radius 1 is 0.800 bits per heavy atom. The Balaban J connectivity index is -0.00000000167. The Hall–Kier alpha value is 0.423. The van der Waals surface area contributed by atoms with E-state index in [0.717, 1.165) is 0 Å². The molecule has 0 aromatic carbocycles. The molecule has 35 valence electrons. The van der Waals surface area contributed by atoms with E-state index in [4.69, 9.17) is 0 Å². The molecular formula is CH9GeO3. The molecule has 5 heavy (non-hydrogen) atoms. The van der Waals surface area contributed by atoms with Crippen molar-refractivity contribution in [3.63, 3.8) is 0 Å². The number of hydrogen-bond donors (Lipinski definition) is 0. The van der Waals surface area contributed by atoms with E-state index in [0.29, 0.717) is 0 Å². The topological polar surface area (TPSA) is 94.5 Å². The molecule has 0 aliphatic rings. The fraction of sp³-hybridized carbons (Fsp3) is 1.00. The van der Waals surface area contributed by atoms with Crippen molar-refractivity contribution in [2.75, 3.05) is 0 Å². The summed E-state index contributed by atoms with van der Waals surface area (Å²) in [6.07, 6.45) is 0. The van der Waals surface area contributed by atoms with Crippen LogP contribution in [-0.2, 0) is 0 Å². The monoisotopic (exact) mass is 143 g/mol. The van der Waals surface area contributed by atoms with Gasteiger partial charge < -0.3 is 16.4 Å². The molecule has 4 heteroatoms. The van der Waals surface area contributed by atoms with Gasteiger partial charge >= 0.3 is 22.3 Å². The van der Waals surface area contributed by atoms with Gasteiger partial charge in [0.05, 0.1) is 0 Å². The zero-order valence-electron chi connectivity index (χ0n) is 3.00. The van der Waals surface area contributed by atoms with Crippen LogP contribution in [0.1, 0.15) is 0 Å². The second kappa shape index (κ2) is 290. The zero-order valence-corrected chi connectivity index (χ0v) is 5.10. The minimum atomic E-state index is 0. The van der Waals surface area contributed by atoms with E-state index in [1.807, 2.05) is 22.3 Å². The van der Waals surface area contributed by atoms with Crippen LogP contribution in [0.4, 0.5) is 0 Å². The van der Waals surface area contributed by atoms with Gasteiger partial charge in [-0.3, -0.25) is 0 Å². The summed E-state index contributed by atoms with van der Waals surface area (Å²) in [5, 5.41) is 0. The molecule has 0 spiro atoms. The van der Waals surface area contributed by atoms with Crippen molar-refractivity contribution in [3.8, 4) is 0 Å². The summed E-state index contributed by atoms with van der Waals surface area (Å²) in [4.78, 5) is 0. The van der Waals surface area contributed by atoms with Crippen LogP contribution in [0.15, 0.2) is 0 Å². The molecule has 6 N–H and O–H groups in total. The second-order valence-electron chi connectivity index (χ2n) is 0. The van der Waals surface area contributed by atoms with E-state index in [-0.39, 0.29) is 16.4 Å². The summed E-state index contributed by atoms with van der Waals surface area (Å²) >= 11 is 2.00. The van der Waals surface area contributed by atoms with Crippen LogP contribution in [-0.4, -0.2) is 32.9 Å². The van der Waals surface area contributed by atoms with Crippen LogP contribution in [0.5, 0.6) is 0 Å². The van der Waals surface area contributed by atoms with Crippen molar-refractivity contribution in [2.45, 2.75) is 5.76 Å². The number of rotatable bonds is 0. The fourth-order valence-electron chi connectivity index (χ4n) is 0. The first-order valence-corrected chi connectivity index (χ1v) is 2.60. The van der Waals surface area contributed by atoms with Gasteiger partial charge in [-0.1, -0.05) is 0 Å². The molecule has 0 unspecified atom stereocenters. The molecule has 0 fully saturated rings. The van der Waals surface area contributed by atoms with E-state index < -0.39 is 0 Å². The van der Waals surface area contributed by atoms with Crippen LogP contribution < -0.4 is 0 Å². The average molecular weight is 142 g/mol. The molecule has 0 aliphatic carbocycles. The summed E-state index contributed by atoms with van der Waals surface area (Å²) < 4.78 is 0. The second-order valence-corrected chi connectivity index (χ2v) is 0. The van der Waals surface area contributed by atoms with Crippen LogP contribution >= 0.6 is 0 Å². The quantitative estimate of drug-likeness (QED) is 0.340. The van der Waals surface area contributed by atoms with Gasteiger partial charge in [0, 0.05) is 0 Å². The maximum absolute atomic E-state index is 2.00. The minimum absolute atomic E-state index is 0. The molecule has 0 saturated heterocycles. The van der Waals surface area contributed by atoms with E-state index in [1.54, 1.807) is 0 Å². The van der Waals surface area contributed by atoms with Gasteiger partial charge in [-0.25, -0.2) is 0 Å². The van der Waals surface area contributed by atoms with Crippen LogP contribution in [0.3, 0.4) is 0 Å². The summed E-state index contributed by atoms with van der Waals surface area (Å²) in [6, 6.07) is 0. The van der Waals surface area contributed by atoms with Crippen molar-refractivity contribution in [1.82, 2.24) is 0 Å². The fourth-order valence-corrected chi connectivity index (χ4v) is 0. The van der Waals surface area contributed by atoms with E-state index in [1.165, 1.54) is 0 Å². The predicted molar refractivity (Wildman–Crippen MR) is 22.5 cm³/mol. The van der Waals surface area contributed by atoms with Crippen LogP contribution in [0.2, 0.25) is 5.76 Å². The first-order valence-electron chi connectivity index (χ1n) is 0.500. The zero-order chi connectivity index (χ0) is 2.00. The maximum atomic E-state index is 2.00. The standard InChI is InChI=1S/CH3Ge.3H2O/c1-2;;;/h1H3;3*1H2. The Bertz CT molecular complexity index is 6.85. The number of hydrogen-bond acceptors (Lipinski definition) is 0. The molecule has 0 aromatic heterocycles. The summed E-state index contributed by atoms with van der Waals surface area (Å²) in [5.41, 5.74) is 0. The third-order valence-corrected chi connectivity index (χ3v) is 0. The van der Waals surface area contributed by atoms with E-state index in [9.17, 15) is 0 Å². The third-order valence-electron chi connectivity index (χ3n) is 0. The Labute approximate surface area is 39.5 Å². The van der Waals surface area contributed by atoms with Gasteiger partial charge in [-0.2, -0.15) is 0 Å². The predicted octanol–water partition coefficient (Wildman–Crippen LogP) is -2.27. The molecule has 0 atom stereocenters. The van der Waals surface area contributed by atoms with Gasteiger partial charge in [0.1, 0.15) is 0 Å². The first kappa shape index (κ1) is 52.4. The first-order chi connectivity index (χ1) is 1.00. The van der Waals surface area contributed by atoms with E-state index >= 15 is 0 Å². The Morgan fingerprint density at radius 3 is 0.800 bits per heavy atom. The molecule has 0 saturated carbocycles. The molecule has 0 amide bonds. The molecule has 0 heterocycles. The normalized spacial score (nSPS) is 1.20. The Morgan fingerprint density at radius 2 is 0.800 bits per heavy atom. The average Bonchev–Trinajstić information content (AvgIpc) is 1.00. The summed E-state index contributed by atoms with van der Waals surface area (Å²) in [5.74, 6) is 2.00. The third kappa shape index (κ3) is 145. The molecule has 3 radical (unpaired) electrons. The van der Waals surface area contributed by atoms with Crippen molar-refractivity contribution in [2.24, 2.45) is 0 Å². The summed E-state index contributed by atoms with van der Waals surface area (Å²) in [6.45, 7) is 0. The Kier molecular flexibility index (Phi) is 3040. The van der Waals surface area contributed by atoms with Crippen LogP contribution in [0, 0.1) is 0 Å². The van der Waals surface area contributed by atoms with Crippen molar-refractivity contribution < 1.29 is 16.4 Å². The van der Waals surface area contributed by atoms with Gasteiger partial charge in [0.15, 0.2) is 0 Å². The van der Waals surface area contributed by atoms with Crippen molar-refractivity contribution in [3.05, 3.63) is 0 Å². The van der Waals surface area contributed by atoms with Crippen LogP contribution in [0.25, 0.3) is 0 Å².